The number of benzene rings is 2. The van der Waals surface area contributed by atoms with Crippen molar-refractivity contribution in [2.24, 2.45) is 0 Å². The van der Waals surface area contributed by atoms with Gasteiger partial charge in [0.05, 0.1) is 17.7 Å². The molecule has 0 aliphatic rings. The van der Waals surface area contributed by atoms with Crippen LogP contribution in [0, 0.1) is 0 Å². The number of nitrogens with zero attached hydrogens (tertiary/aromatic N) is 1. The standard InChI is InChI=1S/C14H11ClN2O2/c15-10-4-1-3-9(7-10)8-17-12-6-2-5-11(16)13(12)19-14(17)18/h1-7H,8,16H2. The lowest BCUT2D eigenvalue weighted by Crippen LogP contribution is -2.14. The first-order valence-electron chi connectivity index (χ1n) is 5.77. The van der Waals surface area contributed by atoms with E-state index >= 15 is 0 Å². The molecule has 19 heavy (non-hydrogen) atoms. The van der Waals surface area contributed by atoms with E-state index < -0.39 is 5.76 Å². The highest BCUT2D eigenvalue weighted by Gasteiger charge is 2.11. The molecule has 0 amide bonds. The molecule has 3 aromatic rings. The number of para-hydroxylation sites is 1. The third-order valence-corrected chi connectivity index (χ3v) is 3.19. The Kier molecular flexibility index (Phi) is 2.80. The van der Waals surface area contributed by atoms with Gasteiger partial charge in [-0.15, -0.1) is 0 Å². The molecule has 96 valence electrons. The van der Waals surface area contributed by atoms with Gasteiger partial charge in [-0.2, -0.15) is 0 Å². The second kappa shape index (κ2) is 4.48. The average Bonchev–Trinajstić information content (AvgIpc) is 2.69. The van der Waals surface area contributed by atoms with Crippen LogP contribution >= 0.6 is 11.6 Å². The fraction of sp³-hybridized carbons (Fsp3) is 0.0714. The van der Waals surface area contributed by atoms with Gasteiger partial charge in [-0.25, -0.2) is 4.79 Å². The van der Waals surface area contributed by atoms with E-state index in [-0.39, 0.29) is 0 Å². The lowest BCUT2D eigenvalue weighted by Gasteiger charge is -2.03. The van der Waals surface area contributed by atoms with Crippen molar-refractivity contribution in [2.45, 2.75) is 6.54 Å². The molecule has 0 aliphatic carbocycles. The molecule has 0 spiro atoms. The van der Waals surface area contributed by atoms with Gasteiger partial charge in [-0.3, -0.25) is 4.57 Å². The summed E-state index contributed by atoms with van der Waals surface area (Å²) in [6.07, 6.45) is 0. The molecule has 0 unspecified atom stereocenters. The maximum Gasteiger partial charge on any atom is 0.420 e. The summed E-state index contributed by atoms with van der Waals surface area (Å²) >= 11 is 5.94. The molecule has 0 saturated heterocycles. The number of hydrogen-bond acceptors (Lipinski definition) is 3. The number of nitrogen functional groups attached to an aromatic ring is 1. The molecule has 4 nitrogen and oxygen atoms in total. The molecule has 1 heterocycles. The molecular weight excluding hydrogens is 264 g/mol. The Hall–Kier alpha value is -2.20. The molecule has 0 bridgehead atoms. The Balaban J connectivity index is 2.13. The van der Waals surface area contributed by atoms with Crippen LogP contribution in [0.25, 0.3) is 11.1 Å². The van der Waals surface area contributed by atoms with Gasteiger partial charge < -0.3 is 10.2 Å². The first-order valence-corrected chi connectivity index (χ1v) is 6.15. The van der Waals surface area contributed by atoms with Gasteiger partial charge in [-0.1, -0.05) is 29.8 Å². The molecule has 1 aromatic heterocycles. The Morgan fingerprint density at radius 1 is 1.21 bits per heavy atom. The molecule has 0 aliphatic heterocycles. The highest BCUT2D eigenvalue weighted by molar-refractivity contribution is 6.30. The minimum absolute atomic E-state index is 0.399. The maximum atomic E-state index is 11.9. The van der Waals surface area contributed by atoms with Crippen LogP contribution in [0.1, 0.15) is 5.56 Å². The predicted molar refractivity (Wildman–Crippen MR) is 75.4 cm³/mol. The van der Waals surface area contributed by atoms with Crippen LogP contribution in [0.15, 0.2) is 51.7 Å². The van der Waals surface area contributed by atoms with Gasteiger partial charge in [0, 0.05) is 5.02 Å². The number of halogens is 1. The van der Waals surface area contributed by atoms with E-state index in [1.54, 1.807) is 24.3 Å². The molecule has 0 saturated carbocycles. The Morgan fingerprint density at radius 3 is 2.79 bits per heavy atom. The van der Waals surface area contributed by atoms with Crippen LogP contribution in [-0.2, 0) is 6.54 Å². The Morgan fingerprint density at radius 2 is 2.00 bits per heavy atom. The number of rotatable bonds is 2. The van der Waals surface area contributed by atoms with Gasteiger partial charge in [0.25, 0.3) is 0 Å². The zero-order chi connectivity index (χ0) is 13.4. The van der Waals surface area contributed by atoms with Crippen molar-refractivity contribution in [2.75, 3.05) is 5.73 Å². The van der Waals surface area contributed by atoms with Crippen LogP contribution in [0.3, 0.4) is 0 Å². The Labute approximate surface area is 114 Å². The summed E-state index contributed by atoms with van der Waals surface area (Å²) in [7, 11) is 0. The second-order valence-corrected chi connectivity index (χ2v) is 4.72. The van der Waals surface area contributed by atoms with Crippen LogP contribution < -0.4 is 11.5 Å². The highest BCUT2D eigenvalue weighted by atomic mass is 35.5. The smallest absolute Gasteiger partial charge is 0.405 e. The topological polar surface area (TPSA) is 61.2 Å². The number of hydrogen-bond donors (Lipinski definition) is 1. The van der Waals surface area contributed by atoms with Gasteiger partial charge in [-0.05, 0) is 29.8 Å². The molecule has 2 N–H and O–H groups in total. The van der Waals surface area contributed by atoms with Gasteiger partial charge in [0.1, 0.15) is 0 Å². The van der Waals surface area contributed by atoms with E-state index in [1.165, 1.54) is 4.57 Å². The summed E-state index contributed by atoms with van der Waals surface area (Å²) in [5.74, 6) is -0.423. The van der Waals surface area contributed by atoms with Gasteiger partial charge in [0.2, 0.25) is 0 Å². The third kappa shape index (κ3) is 2.11. The molecule has 0 radical (unpaired) electrons. The van der Waals surface area contributed by atoms with E-state index in [0.29, 0.717) is 28.4 Å². The number of anilines is 1. The van der Waals surface area contributed by atoms with Crippen molar-refractivity contribution in [1.29, 1.82) is 0 Å². The second-order valence-electron chi connectivity index (χ2n) is 4.28. The number of oxazole rings is 1. The van der Waals surface area contributed by atoms with Gasteiger partial charge in [0.15, 0.2) is 5.58 Å². The van der Waals surface area contributed by atoms with E-state index in [4.69, 9.17) is 21.8 Å². The van der Waals surface area contributed by atoms with Crippen molar-refractivity contribution >= 4 is 28.4 Å². The third-order valence-electron chi connectivity index (χ3n) is 2.95. The van der Waals surface area contributed by atoms with E-state index in [1.807, 2.05) is 18.2 Å². The maximum absolute atomic E-state index is 11.9. The normalized spacial score (nSPS) is 11.0. The lowest BCUT2D eigenvalue weighted by atomic mass is 10.2. The summed E-state index contributed by atoms with van der Waals surface area (Å²) in [6.45, 7) is 0.399. The van der Waals surface area contributed by atoms with Crippen molar-refractivity contribution < 1.29 is 4.42 Å². The van der Waals surface area contributed by atoms with Crippen LogP contribution in [0.2, 0.25) is 5.02 Å². The number of aromatic nitrogens is 1. The Bertz CT molecular complexity index is 805. The molecule has 5 heteroatoms. The highest BCUT2D eigenvalue weighted by Crippen LogP contribution is 2.20. The van der Waals surface area contributed by atoms with Crippen molar-refractivity contribution in [3.8, 4) is 0 Å². The summed E-state index contributed by atoms with van der Waals surface area (Å²) in [5.41, 5.74) is 8.29. The zero-order valence-corrected chi connectivity index (χ0v) is 10.7. The molecule has 0 fully saturated rings. The SMILES string of the molecule is Nc1cccc2c1oc(=O)n2Cc1cccc(Cl)c1. The van der Waals surface area contributed by atoms with E-state index in [2.05, 4.69) is 0 Å². The van der Waals surface area contributed by atoms with Crippen LogP contribution in [0.5, 0.6) is 0 Å². The zero-order valence-electron chi connectivity index (χ0n) is 9.97. The fourth-order valence-electron chi connectivity index (χ4n) is 2.07. The monoisotopic (exact) mass is 274 g/mol. The lowest BCUT2D eigenvalue weighted by molar-refractivity contribution is 0.518. The molecule has 2 aromatic carbocycles. The van der Waals surface area contributed by atoms with E-state index in [9.17, 15) is 4.79 Å². The largest absolute Gasteiger partial charge is 0.420 e. The average molecular weight is 275 g/mol. The quantitative estimate of drug-likeness (QED) is 0.731. The number of nitrogens with two attached hydrogens (primary N) is 1. The van der Waals surface area contributed by atoms with Crippen molar-refractivity contribution in [3.63, 3.8) is 0 Å². The predicted octanol–water partition coefficient (Wildman–Crippen LogP) is 2.88. The fourth-order valence-corrected chi connectivity index (χ4v) is 2.29. The summed E-state index contributed by atoms with van der Waals surface area (Å²) in [5, 5.41) is 0.637. The minimum Gasteiger partial charge on any atom is -0.405 e. The van der Waals surface area contributed by atoms with Crippen LogP contribution in [0.4, 0.5) is 5.69 Å². The summed E-state index contributed by atoms with van der Waals surface area (Å²) in [6, 6.07) is 12.7. The summed E-state index contributed by atoms with van der Waals surface area (Å²) < 4.78 is 6.72. The summed E-state index contributed by atoms with van der Waals surface area (Å²) in [4.78, 5) is 11.9. The van der Waals surface area contributed by atoms with E-state index in [0.717, 1.165) is 5.56 Å². The van der Waals surface area contributed by atoms with Crippen molar-refractivity contribution in [3.05, 3.63) is 63.6 Å². The first-order chi connectivity index (χ1) is 9.15. The van der Waals surface area contributed by atoms with Crippen LogP contribution in [-0.4, -0.2) is 4.57 Å². The van der Waals surface area contributed by atoms with Gasteiger partial charge >= 0.3 is 5.76 Å². The molecule has 3 rings (SSSR count). The molecule has 0 atom stereocenters. The minimum atomic E-state index is -0.423. The van der Waals surface area contributed by atoms with Crippen molar-refractivity contribution in [1.82, 2.24) is 4.57 Å². The number of fused-ring (bicyclic) bond motifs is 1. The molecular formula is C14H11ClN2O2. The first kappa shape index (κ1) is 11.9.